The van der Waals surface area contributed by atoms with Gasteiger partial charge in [-0.1, -0.05) is 17.7 Å². The van der Waals surface area contributed by atoms with Crippen LogP contribution in [0.25, 0.3) is 11.5 Å². The molecule has 2 fully saturated rings. The number of aliphatic imine (C=N–C) groups is 1. The molecule has 2 aliphatic heterocycles. The molecule has 1 N–H and O–H groups in total. The smallest absolute Gasteiger partial charge is 0.226 e. The van der Waals surface area contributed by atoms with Crippen LogP contribution in [0.3, 0.4) is 0 Å². The number of ether oxygens (including phenoxy) is 2. The lowest BCUT2D eigenvalue weighted by Gasteiger charge is -2.35. The van der Waals surface area contributed by atoms with Crippen LogP contribution in [0.1, 0.15) is 43.4 Å². The van der Waals surface area contributed by atoms with E-state index in [1.807, 2.05) is 19.2 Å². The maximum Gasteiger partial charge on any atom is 0.226 e. The summed E-state index contributed by atoms with van der Waals surface area (Å²) in [6, 6.07) is 8.23. The number of aromatic nitrogens is 1. The van der Waals surface area contributed by atoms with Crippen LogP contribution < -0.4 is 5.32 Å². The number of hydrogen-bond acceptors (Lipinski definition) is 5. The molecule has 1 unspecified atom stereocenters. The Morgan fingerprint density at radius 1 is 1.19 bits per heavy atom. The molecule has 7 nitrogen and oxygen atoms in total. The highest BCUT2D eigenvalue weighted by Gasteiger charge is 2.23. The fraction of sp³-hybridized carbons (Fsp3) is 0.600. The maximum atomic E-state index is 6.14. The molecule has 2 aromatic rings. The SMILES string of the molecule is CN=C(NCCc1coc(-c2ccc(C)cc2)n1)N1CCC(OCC2CCCCO2)CC1. The number of guanidine groups is 1. The molecule has 0 saturated carbocycles. The second kappa shape index (κ2) is 11.5. The van der Waals surface area contributed by atoms with Gasteiger partial charge in [0.05, 0.1) is 24.5 Å². The fourth-order valence-corrected chi connectivity index (χ4v) is 4.30. The summed E-state index contributed by atoms with van der Waals surface area (Å²) < 4.78 is 17.6. The zero-order valence-corrected chi connectivity index (χ0v) is 19.4. The molecule has 2 saturated heterocycles. The van der Waals surface area contributed by atoms with Gasteiger partial charge in [-0.05, 0) is 51.2 Å². The molecule has 0 spiro atoms. The van der Waals surface area contributed by atoms with Gasteiger partial charge in [0.15, 0.2) is 5.96 Å². The number of nitrogens with one attached hydrogen (secondary N) is 1. The van der Waals surface area contributed by atoms with E-state index in [2.05, 4.69) is 39.2 Å². The van der Waals surface area contributed by atoms with E-state index in [9.17, 15) is 0 Å². The summed E-state index contributed by atoms with van der Waals surface area (Å²) in [5, 5.41) is 3.48. The van der Waals surface area contributed by atoms with Gasteiger partial charge in [-0.25, -0.2) is 4.98 Å². The molecule has 1 atom stereocenters. The number of oxazole rings is 1. The van der Waals surface area contributed by atoms with Crippen molar-refractivity contribution in [3.8, 4) is 11.5 Å². The molecule has 4 rings (SSSR count). The average molecular weight is 441 g/mol. The van der Waals surface area contributed by atoms with Crippen LogP contribution in [0.4, 0.5) is 0 Å². The Morgan fingerprint density at radius 3 is 2.72 bits per heavy atom. The first kappa shape index (κ1) is 22.8. The Kier molecular flexibility index (Phi) is 8.18. The third kappa shape index (κ3) is 6.33. The van der Waals surface area contributed by atoms with Gasteiger partial charge in [0.2, 0.25) is 5.89 Å². The Bertz CT molecular complexity index is 850. The van der Waals surface area contributed by atoms with Gasteiger partial charge in [0.1, 0.15) is 6.26 Å². The van der Waals surface area contributed by atoms with Crippen molar-refractivity contribution in [1.29, 1.82) is 0 Å². The van der Waals surface area contributed by atoms with E-state index >= 15 is 0 Å². The van der Waals surface area contributed by atoms with Gasteiger partial charge in [-0.15, -0.1) is 0 Å². The minimum Gasteiger partial charge on any atom is -0.444 e. The van der Waals surface area contributed by atoms with Crippen LogP contribution in [0, 0.1) is 6.92 Å². The second-order valence-electron chi connectivity index (χ2n) is 8.74. The molecule has 3 heterocycles. The van der Waals surface area contributed by atoms with Crippen molar-refractivity contribution in [3.05, 3.63) is 41.8 Å². The third-order valence-corrected chi connectivity index (χ3v) is 6.26. The van der Waals surface area contributed by atoms with Crippen LogP contribution >= 0.6 is 0 Å². The van der Waals surface area contributed by atoms with Gasteiger partial charge in [0.25, 0.3) is 0 Å². The Balaban J connectivity index is 1.17. The first-order valence-corrected chi connectivity index (χ1v) is 11.9. The van der Waals surface area contributed by atoms with Gasteiger partial charge < -0.3 is 24.1 Å². The topological polar surface area (TPSA) is 72.1 Å². The predicted octanol–water partition coefficient (Wildman–Crippen LogP) is 3.82. The number of aryl methyl sites for hydroxylation is 1. The molecule has 174 valence electrons. The van der Waals surface area contributed by atoms with Crippen molar-refractivity contribution < 1.29 is 13.9 Å². The van der Waals surface area contributed by atoms with Gasteiger partial charge in [-0.2, -0.15) is 0 Å². The van der Waals surface area contributed by atoms with Crippen molar-refractivity contribution in [3.63, 3.8) is 0 Å². The Hall–Kier alpha value is -2.38. The monoisotopic (exact) mass is 440 g/mol. The molecule has 32 heavy (non-hydrogen) atoms. The van der Waals surface area contributed by atoms with Crippen LogP contribution in [0.15, 0.2) is 39.9 Å². The van der Waals surface area contributed by atoms with Gasteiger partial charge in [0, 0.05) is 45.3 Å². The van der Waals surface area contributed by atoms with E-state index in [1.54, 1.807) is 6.26 Å². The summed E-state index contributed by atoms with van der Waals surface area (Å²) in [5.74, 6) is 1.62. The quantitative estimate of drug-likeness (QED) is 0.521. The number of likely N-dealkylation sites (tertiary alicyclic amines) is 1. The lowest BCUT2D eigenvalue weighted by Crippen LogP contribution is -2.47. The van der Waals surface area contributed by atoms with E-state index in [1.165, 1.54) is 18.4 Å². The molecule has 0 bridgehead atoms. The Labute approximate surface area is 191 Å². The number of piperidine rings is 1. The molecular weight excluding hydrogens is 404 g/mol. The van der Waals surface area contributed by atoms with Crippen LogP contribution in [0.5, 0.6) is 0 Å². The fourth-order valence-electron chi connectivity index (χ4n) is 4.30. The molecule has 0 amide bonds. The van der Waals surface area contributed by atoms with Crippen LogP contribution in [-0.2, 0) is 15.9 Å². The minimum atomic E-state index is 0.291. The number of rotatable bonds is 7. The normalized spacial score (nSPS) is 20.5. The van der Waals surface area contributed by atoms with Crippen molar-refractivity contribution in [2.75, 3.05) is 39.9 Å². The third-order valence-electron chi connectivity index (χ3n) is 6.26. The molecular formula is C25H36N4O3. The molecule has 0 aliphatic carbocycles. The lowest BCUT2D eigenvalue weighted by molar-refractivity contribution is -0.0721. The molecule has 1 aromatic heterocycles. The Morgan fingerprint density at radius 2 is 2.00 bits per heavy atom. The average Bonchev–Trinajstić information content (AvgIpc) is 3.31. The summed E-state index contributed by atoms with van der Waals surface area (Å²) in [4.78, 5) is 11.4. The number of benzene rings is 1. The van der Waals surface area contributed by atoms with E-state index in [4.69, 9.17) is 13.9 Å². The predicted molar refractivity (Wildman–Crippen MR) is 126 cm³/mol. The van der Waals surface area contributed by atoms with Gasteiger partial charge in [-0.3, -0.25) is 4.99 Å². The van der Waals surface area contributed by atoms with E-state index in [0.29, 0.717) is 18.1 Å². The van der Waals surface area contributed by atoms with Crippen LogP contribution in [0.2, 0.25) is 0 Å². The van der Waals surface area contributed by atoms with Crippen LogP contribution in [-0.4, -0.2) is 67.9 Å². The largest absolute Gasteiger partial charge is 0.444 e. The molecule has 2 aliphatic rings. The highest BCUT2D eigenvalue weighted by atomic mass is 16.5. The highest BCUT2D eigenvalue weighted by molar-refractivity contribution is 5.80. The van der Waals surface area contributed by atoms with Crippen molar-refractivity contribution in [2.24, 2.45) is 4.99 Å². The summed E-state index contributed by atoms with van der Waals surface area (Å²) in [6.07, 6.45) is 8.78. The zero-order valence-electron chi connectivity index (χ0n) is 19.4. The number of nitrogens with zero attached hydrogens (tertiary/aromatic N) is 3. The van der Waals surface area contributed by atoms with Crippen molar-refractivity contribution in [2.45, 2.75) is 57.7 Å². The first-order valence-electron chi connectivity index (χ1n) is 11.9. The lowest BCUT2D eigenvalue weighted by atomic mass is 10.1. The second-order valence-corrected chi connectivity index (χ2v) is 8.74. The minimum absolute atomic E-state index is 0.291. The summed E-state index contributed by atoms with van der Waals surface area (Å²) in [5.41, 5.74) is 3.18. The number of hydrogen-bond donors (Lipinski definition) is 1. The summed E-state index contributed by atoms with van der Waals surface area (Å²) >= 11 is 0. The zero-order chi connectivity index (χ0) is 22.2. The van der Waals surface area contributed by atoms with E-state index < -0.39 is 0 Å². The van der Waals surface area contributed by atoms with Gasteiger partial charge >= 0.3 is 0 Å². The standard InChI is InChI=1S/C25H36N4O3/c1-19-6-8-20(9-7-19)24-28-21(17-32-24)10-13-27-25(26-2)29-14-11-22(12-15-29)31-18-23-5-3-4-16-30-23/h6-9,17,22-23H,3-5,10-16,18H2,1-2H3,(H,26,27). The molecule has 7 heteroatoms. The molecule has 1 aromatic carbocycles. The van der Waals surface area contributed by atoms with E-state index in [-0.39, 0.29) is 0 Å². The highest BCUT2D eigenvalue weighted by Crippen LogP contribution is 2.20. The molecule has 0 radical (unpaired) electrons. The van der Waals surface area contributed by atoms with E-state index in [0.717, 1.165) is 75.7 Å². The summed E-state index contributed by atoms with van der Waals surface area (Å²) in [7, 11) is 1.84. The van der Waals surface area contributed by atoms with Crippen molar-refractivity contribution >= 4 is 5.96 Å². The maximum absolute atomic E-state index is 6.14. The first-order chi connectivity index (χ1) is 15.7. The summed E-state index contributed by atoms with van der Waals surface area (Å²) in [6.45, 7) is 6.37. The van der Waals surface area contributed by atoms with Crippen molar-refractivity contribution in [1.82, 2.24) is 15.2 Å².